The van der Waals surface area contributed by atoms with Crippen molar-refractivity contribution >= 4 is 0 Å². The molecule has 0 aliphatic heterocycles. The fourth-order valence-corrected chi connectivity index (χ4v) is 9.32. The van der Waals surface area contributed by atoms with E-state index in [1.54, 1.807) is 12.4 Å². The van der Waals surface area contributed by atoms with Crippen molar-refractivity contribution in [1.29, 1.82) is 10.5 Å². The summed E-state index contributed by atoms with van der Waals surface area (Å²) in [5.74, 6) is 0. The molecule has 3 aromatic heterocycles. The van der Waals surface area contributed by atoms with Gasteiger partial charge in [-0.2, -0.15) is 10.5 Å². The van der Waals surface area contributed by atoms with Crippen LogP contribution in [0.15, 0.2) is 231 Å². The van der Waals surface area contributed by atoms with Gasteiger partial charge >= 0.3 is 20.1 Å². The third-order valence-electron chi connectivity index (χ3n) is 13.0. The average molecular weight is 1110 g/mol. The van der Waals surface area contributed by atoms with Crippen molar-refractivity contribution in [1.82, 2.24) is 15.0 Å². The van der Waals surface area contributed by atoms with Gasteiger partial charge in [-0.25, -0.2) is 0 Å². The zero-order valence-corrected chi connectivity index (χ0v) is 41.8. The van der Waals surface area contributed by atoms with Crippen LogP contribution in [0, 0.1) is 40.9 Å². The molecule has 11 rings (SSSR count). The standard InChI is InChI=1S/C67H42N5.Ir/c68-44-47-16-33-60(51-23-28-55(29-24-51)65-12-4-7-35-70-65)63(40-47)58-38-46(39-59(42-58)64-41-48(45-69)17-34-61(64)52-25-30-56(31-26-52)66-13-5-8-36-71-66)15-18-53-27-32-57(67-14-6-9-37-72-67)43-62(53)54-21-19-50(20-22-54)49-10-2-1-3-11-49;/h1-14,16-17,19-28,30,33-43H,15,18H2;/q-3;+3. The molecule has 0 atom stereocenters. The summed E-state index contributed by atoms with van der Waals surface area (Å²) in [5.41, 5.74) is 20.7. The van der Waals surface area contributed by atoms with Crippen molar-refractivity contribution < 1.29 is 20.1 Å². The Balaban J connectivity index is 0.00000611. The Morgan fingerprint density at radius 2 is 0.808 bits per heavy atom. The molecule has 344 valence electrons. The molecule has 0 amide bonds. The van der Waals surface area contributed by atoms with E-state index in [9.17, 15) is 10.5 Å². The van der Waals surface area contributed by atoms with Gasteiger partial charge in [-0.3, -0.25) is 0 Å². The van der Waals surface area contributed by atoms with Crippen LogP contribution in [0.2, 0.25) is 0 Å². The zero-order valence-electron chi connectivity index (χ0n) is 39.4. The van der Waals surface area contributed by atoms with Crippen molar-refractivity contribution in [3.8, 4) is 113 Å². The summed E-state index contributed by atoms with van der Waals surface area (Å²) in [5, 5.41) is 20.6. The number of pyridine rings is 3. The molecule has 0 N–H and O–H groups in total. The van der Waals surface area contributed by atoms with E-state index in [1.165, 1.54) is 5.56 Å². The van der Waals surface area contributed by atoms with Gasteiger partial charge in [-0.15, -0.1) is 89.0 Å². The molecule has 0 spiro atoms. The molecular weight excluding hydrogens is 1070 g/mol. The first-order valence-electron chi connectivity index (χ1n) is 23.8. The first kappa shape index (κ1) is 47.5. The molecule has 3 heterocycles. The van der Waals surface area contributed by atoms with Crippen LogP contribution in [-0.2, 0) is 32.9 Å². The number of benzene rings is 8. The zero-order chi connectivity index (χ0) is 48.6. The summed E-state index contributed by atoms with van der Waals surface area (Å²) in [4.78, 5) is 13.8. The van der Waals surface area contributed by atoms with E-state index in [0.717, 1.165) is 106 Å². The van der Waals surface area contributed by atoms with Crippen LogP contribution in [0.5, 0.6) is 0 Å². The molecule has 73 heavy (non-hydrogen) atoms. The van der Waals surface area contributed by atoms with Crippen molar-refractivity contribution in [2.45, 2.75) is 12.8 Å². The predicted molar refractivity (Wildman–Crippen MR) is 289 cm³/mol. The van der Waals surface area contributed by atoms with Crippen LogP contribution >= 0.6 is 0 Å². The maximum atomic E-state index is 10.3. The summed E-state index contributed by atoms with van der Waals surface area (Å²) in [7, 11) is 0. The Bertz CT molecular complexity index is 3610. The predicted octanol–water partition coefficient (Wildman–Crippen LogP) is 15.8. The Morgan fingerprint density at radius 3 is 1.29 bits per heavy atom. The molecule has 0 saturated carbocycles. The summed E-state index contributed by atoms with van der Waals surface area (Å²) < 4.78 is 0. The smallest absolute Gasteiger partial charge is 0.305 e. The first-order chi connectivity index (χ1) is 35.6. The number of nitriles is 2. The number of nitrogens with zero attached hydrogens (tertiary/aromatic N) is 5. The second kappa shape index (κ2) is 21.9. The van der Waals surface area contributed by atoms with E-state index in [0.29, 0.717) is 24.0 Å². The minimum atomic E-state index is 0. The van der Waals surface area contributed by atoms with E-state index in [-0.39, 0.29) is 20.1 Å². The van der Waals surface area contributed by atoms with Gasteiger partial charge in [0.05, 0.1) is 23.3 Å². The SMILES string of the molecule is N#Cc1ccc(-c2c[c-]c(-c3ccccn3)cc2)c(-c2cc(CCc3c[c-]c(-c4ccccn4)cc3-c3ccc(-c4ccccc4)cc3)cc(-c3cc(C#N)ccc3-c3c[c-]c(-c4ccccn4)cc3)c2)c1.[Ir+3]. The van der Waals surface area contributed by atoms with E-state index >= 15 is 0 Å². The topological polar surface area (TPSA) is 86.2 Å². The number of rotatable bonds is 12. The van der Waals surface area contributed by atoms with E-state index in [1.807, 2.05) is 128 Å². The van der Waals surface area contributed by atoms with Gasteiger partial charge in [-0.1, -0.05) is 149 Å². The van der Waals surface area contributed by atoms with Crippen LogP contribution < -0.4 is 0 Å². The number of hydrogen-bond donors (Lipinski definition) is 0. The molecule has 0 saturated heterocycles. The first-order valence-corrected chi connectivity index (χ1v) is 23.8. The summed E-state index contributed by atoms with van der Waals surface area (Å²) in [6.07, 6.45) is 6.78. The van der Waals surface area contributed by atoms with Crippen LogP contribution in [0.4, 0.5) is 0 Å². The Kier molecular flexibility index (Phi) is 14.2. The molecule has 0 radical (unpaired) electrons. The van der Waals surface area contributed by atoms with Crippen molar-refractivity contribution in [2.24, 2.45) is 0 Å². The number of hydrogen-bond acceptors (Lipinski definition) is 5. The number of aromatic nitrogens is 3. The molecule has 0 aliphatic carbocycles. The Morgan fingerprint density at radius 1 is 0.342 bits per heavy atom. The molecule has 0 unspecified atom stereocenters. The van der Waals surface area contributed by atoms with Gasteiger partial charge in [-0.05, 0) is 117 Å². The average Bonchev–Trinajstić information content (AvgIpc) is 3.47. The minimum absolute atomic E-state index is 0. The summed E-state index contributed by atoms with van der Waals surface area (Å²) in [6.45, 7) is 0. The molecule has 0 aliphatic rings. The van der Waals surface area contributed by atoms with Crippen molar-refractivity contribution in [3.63, 3.8) is 0 Å². The molecule has 8 aromatic carbocycles. The van der Waals surface area contributed by atoms with Crippen LogP contribution in [0.1, 0.15) is 22.3 Å². The fourth-order valence-electron chi connectivity index (χ4n) is 9.32. The molecule has 6 heteroatoms. The molecule has 0 fully saturated rings. The second-order valence-electron chi connectivity index (χ2n) is 17.5. The van der Waals surface area contributed by atoms with Gasteiger partial charge in [0.25, 0.3) is 0 Å². The summed E-state index contributed by atoms with van der Waals surface area (Å²) in [6, 6.07) is 87.2. The van der Waals surface area contributed by atoms with Crippen LogP contribution in [0.3, 0.4) is 0 Å². The normalized spacial score (nSPS) is 10.7. The van der Waals surface area contributed by atoms with Crippen molar-refractivity contribution in [2.75, 3.05) is 0 Å². The van der Waals surface area contributed by atoms with Crippen LogP contribution in [0.25, 0.3) is 101 Å². The fraction of sp³-hybridized carbons (Fsp3) is 0.0299. The molecule has 5 nitrogen and oxygen atoms in total. The minimum Gasteiger partial charge on any atom is -0.305 e. The van der Waals surface area contributed by atoms with Gasteiger partial charge in [0.2, 0.25) is 0 Å². The monoisotopic (exact) mass is 1110 g/mol. The Labute approximate surface area is 439 Å². The van der Waals surface area contributed by atoms with Gasteiger partial charge in [0.1, 0.15) is 0 Å². The molecular formula is C67H42IrN5. The maximum absolute atomic E-state index is 10.3. The van der Waals surface area contributed by atoms with E-state index in [4.69, 9.17) is 0 Å². The van der Waals surface area contributed by atoms with E-state index < -0.39 is 0 Å². The van der Waals surface area contributed by atoms with E-state index in [2.05, 4.69) is 136 Å². The van der Waals surface area contributed by atoms with Crippen molar-refractivity contribution in [3.05, 3.63) is 271 Å². The molecule has 0 bridgehead atoms. The summed E-state index contributed by atoms with van der Waals surface area (Å²) >= 11 is 0. The quantitative estimate of drug-likeness (QED) is 0.114. The third kappa shape index (κ3) is 10.5. The van der Waals surface area contributed by atoms with Gasteiger partial charge in [0, 0.05) is 18.6 Å². The second-order valence-corrected chi connectivity index (χ2v) is 17.5. The Hall–Kier alpha value is -9.16. The van der Waals surface area contributed by atoms with Gasteiger partial charge < -0.3 is 15.0 Å². The third-order valence-corrected chi connectivity index (χ3v) is 13.0. The van der Waals surface area contributed by atoms with Gasteiger partial charge in [0.15, 0.2) is 0 Å². The molecule has 11 aromatic rings. The largest absolute Gasteiger partial charge is 3.00 e. The number of aryl methyl sites for hydroxylation is 2. The van der Waals surface area contributed by atoms with Crippen LogP contribution in [-0.4, -0.2) is 15.0 Å². The maximum Gasteiger partial charge on any atom is 3.00 e.